The molecule has 6 nitrogen and oxygen atoms in total. The van der Waals surface area contributed by atoms with Crippen molar-refractivity contribution in [3.8, 4) is 61.9 Å². The largest absolute Gasteiger partial charge is 0.458 e. The van der Waals surface area contributed by atoms with Crippen molar-refractivity contribution in [2.45, 2.75) is 0 Å². The topological polar surface area (TPSA) is 50.3 Å². The summed E-state index contributed by atoms with van der Waals surface area (Å²) in [6.45, 7) is -0.203. The highest BCUT2D eigenvalue weighted by Gasteiger charge is 2.43. The summed E-state index contributed by atoms with van der Waals surface area (Å²) in [6, 6.07) is 96.9. The van der Waals surface area contributed by atoms with E-state index in [1.807, 2.05) is 0 Å². The normalized spacial score (nSPS) is 12.8. The Morgan fingerprint density at radius 1 is 0.294 bits per heavy atom. The average molecular weight is 1080 g/mol. The van der Waals surface area contributed by atoms with Gasteiger partial charge in [0.05, 0.1) is 43.9 Å². The Kier molecular flexibility index (Phi) is 8.90. The number of rotatable bonds is 5. The van der Waals surface area contributed by atoms with Gasteiger partial charge in [0, 0.05) is 60.2 Å². The molecular formula is C78H44BN3O3. The van der Waals surface area contributed by atoms with Crippen molar-refractivity contribution in [3.05, 3.63) is 267 Å². The maximum absolute atomic E-state index is 7.43. The van der Waals surface area contributed by atoms with E-state index in [1.54, 1.807) is 0 Å². The monoisotopic (exact) mass is 1080 g/mol. The molecule has 0 spiro atoms. The number of benzene rings is 13. The molecule has 0 bridgehead atoms. The van der Waals surface area contributed by atoms with Crippen LogP contribution in [0.3, 0.4) is 0 Å². The summed E-state index contributed by atoms with van der Waals surface area (Å²) in [6.07, 6.45) is 0. The molecule has 0 N–H and O–H groups in total. The quantitative estimate of drug-likeness (QED) is 0.161. The SMILES string of the molecule is c1ccc(-c2ccc3c(c2)Oc2cc(-c4ccccc4-c4ccccc4)cc4c2B3c2cc3c5cc(-n6c7ccccc7c7ccccc76)ccc5oc3c3c5c6oc7ccc(-n8c9ccccc9c9ccccc98)cc7c6ccc5n-4c23)cc1. The first-order valence-electron chi connectivity index (χ1n) is 29.2. The fourth-order valence-electron chi connectivity index (χ4n) is 15.1. The maximum atomic E-state index is 7.43. The molecular weight excluding hydrogens is 1040 g/mol. The van der Waals surface area contributed by atoms with Gasteiger partial charge in [0.2, 0.25) is 0 Å². The molecule has 2 aliphatic heterocycles. The molecule has 7 heterocycles. The number of hydrogen-bond donors (Lipinski definition) is 0. The predicted molar refractivity (Wildman–Crippen MR) is 351 cm³/mol. The van der Waals surface area contributed by atoms with Crippen molar-refractivity contribution in [1.29, 1.82) is 0 Å². The van der Waals surface area contributed by atoms with Gasteiger partial charge in [-0.3, -0.25) is 0 Å². The first-order valence-corrected chi connectivity index (χ1v) is 29.2. The summed E-state index contributed by atoms with van der Waals surface area (Å²) >= 11 is 0. The number of furan rings is 2. The molecule has 0 unspecified atom stereocenters. The first-order chi connectivity index (χ1) is 42.2. The van der Waals surface area contributed by atoms with E-state index in [1.165, 1.54) is 38.0 Å². The summed E-state index contributed by atoms with van der Waals surface area (Å²) in [5.41, 5.74) is 23.5. The maximum Gasteiger partial charge on any atom is 0.256 e. The zero-order chi connectivity index (χ0) is 55.2. The highest BCUT2D eigenvalue weighted by molar-refractivity contribution is 6.99. The standard InChI is InChI=1S/C78H44BN3O3/c1-3-17-45(18-4-1)47-31-35-61-71(40-47)83-72-41-48(52-22-8-7-21-51(52)46-19-5-2-6-20-46)39-68-75(72)79(61)62-44-60-59-43-50(81-65-29-15-11-25-55(65)56-26-12-16-30-66(56)81)33-38-70(59)85-78(60)74-73-67(82(68)76(62)74)36-34-57-58-42-49(32-37-69(58)84-77(57)73)80-63-27-13-9-23-53(63)54-24-10-14-28-64(54)80/h1-44H. The van der Waals surface area contributed by atoms with Gasteiger partial charge in [-0.25, -0.2) is 0 Å². The van der Waals surface area contributed by atoms with Gasteiger partial charge in [-0.05, 0) is 141 Å². The van der Waals surface area contributed by atoms with Crippen LogP contribution in [0.4, 0.5) is 0 Å². The Balaban J connectivity index is 0.919. The van der Waals surface area contributed by atoms with Crippen LogP contribution >= 0.6 is 0 Å². The van der Waals surface area contributed by atoms with Crippen LogP contribution in [0.25, 0.3) is 160 Å². The minimum absolute atomic E-state index is 0.203. The highest BCUT2D eigenvalue weighted by atomic mass is 16.5. The molecule has 13 aromatic carbocycles. The Morgan fingerprint density at radius 3 is 1.42 bits per heavy atom. The van der Waals surface area contributed by atoms with E-state index >= 15 is 0 Å². The summed E-state index contributed by atoms with van der Waals surface area (Å²) in [5.74, 6) is 1.69. The zero-order valence-electron chi connectivity index (χ0n) is 45.5. The lowest BCUT2D eigenvalue weighted by atomic mass is 9.34. The summed E-state index contributed by atoms with van der Waals surface area (Å²) in [5, 5.41) is 11.1. The number of aromatic nitrogens is 3. The van der Waals surface area contributed by atoms with Crippen molar-refractivity contribution in [3.63, 3.8) is 0 Å². The van der Waals surface area contributed by atoms with E-state index in [0.29, 0.717) is 0 Å². The molecule has 0 fully saturated rings. The third-order valence-electron chi connectivity index (χ3n) is 18.7. The molecule has 0 amide bonds. The van der Waals surface area contributed by atoms with Gasteiger partial charge in [0.25, 0.3) is 6.71 Å². The number of fused-ring (bicyclic) bond motifs is 21. The van der Waals surface area contributed by atoms with Crippen LogP contribution in [0, 0.1) is 0 Å². The first kappa shape index (κ1) is 45.4. The smallest absolute Gasteiger partial charge is 0.256 e. The minimum atomic E-state index is -0.203. The predicted octanol–water partition coefficient (Wildman–Crippen LogP) is 18.7. The van der Waals surface area contributed by atoms with E-state index in [4.69, 9.17) is 13.6 Å². The van der Waals surface area contributed by atoms with E-state index in [0.717, 1.165) is 150 Å². The average Bonchev–Trinajstić information content (AvgIpc) is 1.61. The molecule has 2 aliphatic rings. The van der Waals surface area contributed by atoms with E-state index in [9.17, 15) is 0 Å². The Morgan fingerprint density at radius 2 is 0.812 bits per heavy atom. The van der Waals surface area contributed by atoms with Gasteiger partial charge in [-0.15, -0.1) is 0 Å². The van der Waals surface area contributed by atoms with Gasteiger partial charge >= 0.3 is 0 Å². The van der Waals surface area contributed by atoms with Crippen LogP contribution in [0.1, 0.15) is 0 Å². The minimum Gasteiger partial charge on any atom is -0.458 e. The summed E-state index contributed by atoms with van der Waals surface area (Å²) in [4.78, 5) is 0. The van der Waals surface area contributed by atoms with Crippen LogP contribution in [0.2, 0.25) is 0 Å². The molecule has 0 saturated carbocycles. The van der Waals surface area contributed by atoms with Crippen LogP contribution < -0.4 is 21.1 Å². The molecule has 0 aliphatic carbocycles. The van der Waals surface area contributed by atoms with Crippen LogP contribution in [0.15, 0.2) is 276 Å². The lowest BCUT2D eigenvalue weighted by Crippen LogP contribution is -2.58. The molecule has 20 rings (SSSR count). The molecule has 0 atom stereocenters. The van der Waals surface area contributed by atoms with Crippen LogP contribution in [-0.4, -0.2) is 20.4 Å². The lowest BCUT2D eigenvalue weighted by molar-refractivity contribution is 0.487. The van der Waals surface area contributed by atoms with E-state index in [-0.39, 0.29) is 6.71 Å². The van der Waals surface area contributed by atoms with Crippen molar-refractivity contribution >= 4 is 132 Å². The lowest BCUT2D eigenvalue weighted by Gasteiger charge is -2.34. The van der Waals surface area contributed by atoms with E-state index in [2.05, 4.69) is 281 Å². The molecule has 0 radical (unpaired) electrons. The molecule has 18 aromatic rings. The molecule has 5 aromatic heterocycles. The summed E-state index contributed by atoms with van der Waals surface area (Å²) in [7, 11) is 0. The second-order valence-electron chi connectivity index (χ2n) is 23.0. The molecule has 0 saturated heterocycles. The van der Waals surface area contributed by atoms with Crippen molar-refractivity contribution in [2.24, 2.45) is 0 Å². The number of nitrogens with zero attached hydrogens (tertiary/aromatic N) is 3. The Hall–Kier alpha value is -11.3. The van der Waals surface area contributed by atoms with Crippen molar-refractivity contribution in [1.82, 2.24) is 13.7 Å². The van der Waals surface area contributed by atoms with Crippen molar-refractivity contribution < 1.29 is 13.6 Å². The van der Waals surface area contributed by atoms with Gasteiger partial charge < -0.3 is 27.3 Å². The third kappa shape index (κ3) is 6.12. The van der Waals surface area contributed by atoms with Crippen LogP contribution in [-0.2, 0) is 0 Å². The fraction of sp³-hybridized carbons (Fsp3) is 0. The van der Waals surface area contributed by atoms with Gasteiger partial charge in [-0.2, -0.15) is 0 Å². The van der Waals surface area contributed by atoms with Gasteiger partial charge in [0.1, 0.15) is 33.8 Å². The molecule has 85 heavy (non-hydrogen) atoms. The number of hydrogen-bond acceptors (Lipinski definition) is 3. The van der Waals surface area contributed by atoms with E-state index < -0.39 is 0 Å². The van der Waals surface area contributed by atoms with Gasteiger partial charge in [0.15, 0.2) is 0 Å². The van der Waals surface area contributed by atoms with Gasteiger partial charge in [-0.1, -0.05) is 176 Å². The summed E-state index contributed by atoms with van der Waals surface area (Å²) < 4.78 is 29.5. The number of para-hydroxylation sites is 4. The zero-order valence-corrected chi connectivity index (χ0v) is 45.5. The molecule has 392 valence electrons. The fourth-order valence-corrected chi connectivity index (χ4v) is 15.1. The molecule has 7 heteroatoms. The third-order valence-corrected chi connectivity index (χ3v) is 18.7. The van der Waals surface area contributed by atoms with Crippen LogP contribution in [0.5, 0.6) is 11.5 Å². The van der Waals surface area contributed by atoms with Crippen molar-refractivity contribution in [2.75, 3.05) is 0 Å². The number of ether oxygens (including phenoxy) is 1. The second-order valence-corrected chi connectivity index (χ2v) is 23.0. The highest BCUT2D eigenvalue weighted by Crippen LogP contribution is 2.49. The Bertz CT molecular complexity index is 5850. The second kappa shape index (κ2) is 16.7. The Labute approximate surface area is 485 Å².